The van der Waals surface area contributed by atoms with Gasteiger partial charge in [0, 0.05) is 13.1 Å². The Labute approximate surface area is 137 Å². The van der Waals surface area contributed by atoms with Gasteiger partial charge in [-0.15, -0.1) is 0 Å². The summed E-state index contributed by atoms with van der Waals surface area (Å²) in [6, 6.07) is 0. The SMILES string of the molecule is CC(C)(C)OC(=O)NCC(=O)NCC(=O)NCCN1CCCC1. The highest BCUT2D eigenvalue weighted by Gasteiger charge is 2.16. The van der Waals surface area contributed by atoms with Gasteiger partial charge in [-0.25, -0.2) is 4.79 Å². The Balaban J connectivity index is 2.05. The Bertz CT molecular complexity index is 414. The van der Waals surface area contributed by atoms with Crippen molar-refractivity contribution in [3.05, 3.63) is 0 Å². The molecule has 0 aromatic heterocycles. The van der Waals surface area contributed by atoms with Crippen LogP contribution in [0.15, 0.2) is 0 Å². The summed E-state index contributed by atoms with van der Waals surface area (Å²) in [5, 5.41) is 7.53. The molecule has 0 aliphatic carbocycles. The molecule has 0 aromatic carbocycles. The van der Waals surface area contributed by atoms with Crippen LogP contribution in [0.4, 0.5) is 4.79 Å². The molecule has 0 spiro atoms. The molecule has 1 heterocycles. The van der Waals surface area contributed by atoms with E-state index in [-0.39, 0.29) is 19.0 Å². The van der Waals surface area contributed by atoms with Gasteiger partial charge in [0.05, 0.1) is 6.54 Å². The van der Waals surface area contributed by atoms with Crippen molar-refractivity contribution in [1.82, 2.24) is 20.9 Å². The molecule has 1 aliphatic heterocycles. The van der Waals surface area contributed by atoms with Gasteiger partial charge >= 0.3 is 6.09 Å². The summed E-state index contributed by atoms with van der Waals surface area (Å²) in [6.07, 6.45) is 1.77. The van der Waals surface area contributed by atoms with Crippen molar-refractivity contribution < 1.29 is 19.1 Å². The lowest BCUT2D eigenvalue weighted by Crippen LogP contribution is -2.44. The average molecular weight is 328 g/mol. The van der Waals surface area contributed by atoms with Gasteiger partial charge < -0.3 is 25.6 Å². The highest BCUT2D eigenvalue weighted by atomic mass is 16.6. The average Bonchev–Trinajstić information content (AvgIpc) is 2.94. The zero-order valence-electron chi connectivity index (χ0n) is 14.2. The molecule has 132 valence electrons. The normalized spacial score (nSPS) is 15.1. The number of carbonyl (C=O) groups is 3. The first kappa shape index (κ1) is 19.2. The quantitative estimate of drug-likeness (QED) is 0.603. The van der Waals surface area contributed by atoms with Crippen LogP contribution in [0.2, 0.25) is 0 Å². The summed E-state index contributed by atoms with van der Waals surface area (Å²) >= 11 is 0. The Kier molecular flexibility index (Phi) is 7.80. The number of hydrogen-bond acceptors (Lipinski definition) is 5. The number of likely N-dealkylation sites (tertiary alicyclic amines) is 1. The molecule has 0 saturated carbocycles. The maximum absolute atomic E-state index is 11.6. The van der Waals surface area contributed by atoms with Crippen LogP contribution in [0.3, 0.4) is 0 Å². The van der Waals surface area contributed by atoms with E-state index < -0.39 is 17.6 Å². The van der Waals surface area contributed by atoms with Crippen molar-refractivity contribution in [3.63, 3.8) is 0 Å². The summed E-state index contributed by atoms with van der Waals surface area (Å²) in [5.41, 5.74) is -0.615. The molecular formula is C15H28N4O4. The fourth-order valence-electron chi connectivity index (χ4n) is 2.13. The molecule has 1 rings (SSSR count). The maximum atomic E-state index is 11.6. The highest BCUT2D eigenvalue weighted by molar-refractivity contribution is 5.87. The first-order valence-corrected chi connectivity index (χ1v) is 7.99. The zero-order valence-corrected chi connectivity index (χ0v) is 14.2. The van der Waals surface area contributed by atoms with Crippen molar-refractivity contribution in [2.75, 3.05) is 39.3 Å². The van der Waals surface area contributed by atoms with Gasteiger partial charge in [0.25, 0.3) is 0 Å². The third-order valence-corrected chi connectivity index (χ3v) is 3.19. The molecule has 1 fully saturated rings. The summed E-state index contributed by atoms with van der Waals surface area (Å²) in [7, 11) is 0. The summed E-state index contributed by atoms with van der Waals surface area (Å²) < 4.78 is 5.00. The molecule has 0 unspecified atom stereocenters. The third kappa shape index (κ3) is 9.72. The number of carbonyl (C=O) groups excluding carboxylic acids is 3. The van der Waals surface area contributed by atoms with Crippen molar-refractivity contribution in [2.24, 2.45) is 0 Å². The van der Waals surface area contributed by atoms with Crippen LogP contribution in [0.25, 0.3) is 0 Å². The lowest BCUT2D eigenvalue weighted by atomic mass is 10.2. The smallest absolute Gasteiger partial charge is 0.408 e. The first-order valence-electron chi connectivity index (χ1n) is 7.99. The Morgan fingerprint density at radius 3 is 2.13 bits per heavy atom. The van der Waals surface area contributed by atoms with Crippen molar-refractivity contribution in [2.45, 2.75) is 39.2 Å². The Morgan fingerprint density at radius 1 is 0.957 bits per heavy atom. The molecule has 1 aliphatic rings. The van der Waals surface area contributed by atoms with Gasteiger partial charge in [-0.2, -0.15) is 0 Å². The topological polar surface area (TPSA) is 99.8 Å². The van der Waals surface area contributed by atoms with Gasteiger partial charge in [0.1, 0.15) is 12.1 Å². The highest BCUT2D eigenvalue weighted by Crippen LogP contribution is 2.06. The molecule has 23 heavy (non-hydrogen) atoms. The minimum atomic E-state index is -0.664. The number of nitrogens with zero attached hydrogens (tertiary/aromatic N) is 1. The van der Waals surface area contributed by atoms with Gasteiger partial charge in [-0.3, -0.25) is 9.59 Å². The van der Waals surface area contributed by atoms with E-state index in [2.05, 4.69) is 20.9 Å². The molecule has 1 saturated heterocycles. The third-order valence-electron chi connectivity index (χ3n) is 3.19. The van der Waals surface area contributed by atoms with E-state index in [1.165, 1.54) is 12.8 Å². The van der Waals surface area contributed by atoms with Crippen LogP contribution < -0.4 is 16.0 Å². The molecule has 0 bridgehead atoms. The molecule has 3 N–H and O–H groups in total. The molecule has 0 aromatic rings. The van der Waals surface area contributed by atoms with Crippen LogP contribution in [0.5, 0.6) is 0 Å². The van der Waals surface area contributed by atoms with Crippen LogP contribution in [-0.4, -0.2) is 67.7 Å². The number of rotatable bonds is 7. The second-order valence-electron chi connectivity index (χ2n) is 6.53. The minimum absolute atomic E-state index is 0.102. The minimum Gasteiger partial charge on any atom is -0.444 e. The maximum Gasteiger partial charge on any atom is 0.408 e. The number of ether oxygens (including phenoxy) is 1. The lowest BCUT2D eigenvalue weighted by Gasteiger charge is -2.19. The fraction of sp³-hybridized carbons (Fsp3) is 0.800. The van der Waals surface area contributed by atoms with E-state index in [9.17, 15) is 14.4 Å². The largest absolute Gasteiger partial charge is 0.444 e. The molecule has 0 atom stereocenters. The van der Waals surface area contributed by atoms with Crippen LogP contribution in [0.1, 0.15) is 33.6 Å². The van der Waals surface area contributed by atoms with Crippen molar-refractivity contribution >= 4 is 17.9 Å². The van der Waals surface area contributed by atoms with E-state index in [1.54, 1.807) is 20.8 Å². The number of nitrogens with one attached hydrogen (secondary N) is 3. The number of amides is 3. The molecule has 3 amide bonds. The molecular weight excluding hydrogens is 300 g/mol. The summed E-state index contributed by atoms with van der Waals surface area (Å²) in [6.45, 7) is 8.46. The van der Waals surface area contributed by atoms with E-state index in [0.717, 1.165) is 19.6 Å². The van der Waals surface area contributed by atoms with Gasteiger partial charge in [-0.1, -0.05) is 0 Å². The Hall–Kier alpha value is -1.83. The van der Waals surface area contributed by atoms with Crippen molar-refractivity contribution in [3.8, 4) is 0 Å². The molecule has 8 heteroatoms. The molecule has 0 radical (unpaired) electrons. The number of alkyl carbamates (subject to hydrolysis) is 1. The monoisotopic (exact) mass is 328 g/mol. The number of hydrogen-bond donors (Lipinski definition) is 3. The van der Waals surface area contributed by atoms with Crippen LogP contribution in [-0.2, 0) is 14.3 Å². The van der Waals surface area contributed by atoms with Crippen LogP contribution >= 0.6 is 0 Å². The first-order chi connectivity index (χ1) is 10.8. The molecule has 8 nitrogen and oxygen atoms in total. The summed E-state index contributed by atoms with van der Waals surface area (Å²) in [5.74, 6) is -0.680. The zero-order chi connectivity index (χ0) is 17.3. The van der Waals surface area contributed by atoms with E-state index >= 15 is 0 Å². The van der Waals surface area contributed by atoms with Crippen molar-refractivity contribution in [1.29, 1.82) is 0 Å². The van der Waals surface area contributed by atoms with Gasteiger partial charge in [-0.05, 0) is 46.7 Å². The standard InChI is InChI=1S/C15H28N4O4/c1-15(2,3)23-14(22)18-11-13(21)17-10-12(20)16-6-9-19-7-4-5-8-19/h4-11H2,1-3H3,(H,16,20)(H,17,21)(H,18,22). The lowest BCUT2D eigenvalue weighted by molar-refractivity contribution is -0.125. The van der Waals surface area contributed by atoms with Crippen LogP contribution in [0, 0.1) is 0 Å². The predicted molar refractivity (Wildman–Crippen MR) is 85.9 cm³/mol. The second kappa shape index (κ2) is 9.34. The predicted octanol–water partition coefficient (Wildman–Crippen LogP) is -0.161. The fourth-order valence-corrected chi connectivity index (χ4v) is 2.13. The van der Waals surface area contributed by atoms with Gasteiger partial charge in [0.15, 0.2) is 0 Å². The van der Waals surface area contributed by atoms with E-state index in [1.807, 2.05) is 0 Å². The second-order valence-corrected chi connectivity index (χ2v) is 6.53. The van der Waals surface area contributed by atoms with Gasteiger partial charge in [0.2, 0.25) is 11.8 Å². The summed E-state index contributed by atoms with van der Waals surface area (Å²) in [4.78, 5) is 36.8. The van der Waals surface area contributed by atoms with E-state index in [4.69, 9.17) is 4.74 Å². The van der Waals surface area contributed by atoms with E-state index in [0.29, 0.717) is 6.54 Å². The Morgan fingerprint density at radius 2 is 1.52 bits per heavy atom.